The van der Waals surface area contributed by atoms with Gasteiger partial charge in [0, 0.05) is 38.9 Å². The van der Waals surface area contributed by atoms with Gasteiger partial charge in [-0.15, -0.1) is 0 Å². The molecule has 2 N–H and O–H groups in total. The second-order valence-electron chi connectivity index (χ2n) is 8.22. The minimum atomic E-state index is -0.287. The van der Waals surface area contributed by atoms with Crippen LogP contribution in [-0.4, -0.2) is 29.6 Å². The molecule has 33 heavy (non-hydrogen) atoms. The maximum atomic E-state index is 13.5. The molecular formula is C26H23Cl2N3O2. The predicted octanol–water partition coefficient (Wildman–Crippen LogP) is 6.97. The first kappa shape index (κ1) is 21.7. The van der Waals surface area contributed by atoms with E-state index in [0.717, 1.165) is 39.9 Å². The van der Waals surface area contributed by atoms with E-state index in [1.54, 1.807) is 13.2 Å². The molecule has 168 valence electrons. The number of aromatic nitrogens is 1. The fourth-order valence-corrected chi connectivity index (χ4v) is 4.87. The highest BCUT2D eigenvalue weighted by molar-refractivity contribution is 6.31. The van der Waals surface area contributed by atoms with Crippen molar-refractivity contribution in [2.24, 2.45) is 0 Å². The molecule has 0 radical (unpaired) electrons. The lowest BCUT2D eigenvalue weighted by Gasteiger charge is -2.36. The molecular weight excluding hydrogens is 457 g/mol. The summed E-state index contributed by atoms with van der Waals surface area (Å²) in [5.74, 6) is 0.767. The number of carbonyl (C=O) groups is 1. The van der Waals surface area contributed by atoms with Crippen molar-refractivity contribution in [1.82, 2.24) is 9.88 Å². The van der Waals surface area contributed by atoms with Crippen molar-refractivity contribution in [2.45, 2.75) is 19.4 Å². The molecule has 0 saturated heterocycles. The maximum absolute atomic E-state index is 13.5. The van der Waals surface area contributed by atoms with E-state index in [1.165, 1.54) is 5.56 Å². The number of carbonyl (C=O) groups excluding carboxylic acids is 1. The van der Waals surface area contributed by atoms with E-state index < -0.39 is 0 Å². The predicted molar refractivity (Wildman–Crippen MR) is 134 cm³/mol. The second-order valence-corrected chi connectivity index (χ2v) is 9.09. The number of aryl methyl sites for hydroxylation is 1. The van der Waals surface area contributed by atoms with Crippen LogP contribution in [0, 0.1) is 6.92 Å². The summed E-state index contributed by atoms with van der Waals surface area (Å²) in [4.78, 5) is 18.9. The molecule has 1 atom stereocenters. The first-order valence-corrected chi connectivity index (χ1v) is 11.5. The van der Waals surface area contributed by atoms with Gasteiger partial charge in [-0.1, -0.05) is 41.4 Å². The van der Waals surface area contributed by atoms with Gasteiger partial charge in [0.1, 0.15) is 5.75 Å². The highest BCUT2D eigenvalue weighted by Gasteiger charge is 2.35. The Kier molecular flexibility index (Phi) is 5.69. The molecule has 3 aromatic carbocycles. The summed E-state index contributed by atoms with van der Waals surface area (Å²) in [6, 6.07) is 18.7. The number of hydrogen-bond donors (Lipinski definition) is 2. The Morgan fingerprint density at radius 1 is 1.06 bits per heavy atom. The molecule has 0 saturated carbocycles. The van der Waals surface area contributed by atoms with E-state index in [1.807, 2.05) is 66.4 Å². The monoisotopic (exact) mass is 479 g/mol. The topological polar surface area (TPSA) is 57.4 Å². The van der Waals surface area contributed by atoms with E-state index in [4.69, 9.17) is 27.9 Å². The number of nitrogens with one attached hydrogen (secondary N) is 2. The van der Waals surface area contributed by atoms with Gasteiger partial charge >= 0.3 is 6.03 Å². The number of urea groups is 1. The quantitative estimate of drug-likeness (QED) is 0.333. The molecule has 1 aliphatic rings. The number of fused-ring (bicyclic) bond motifs is 3. The van der Waals surface area contributed by atoms with Gasteiger partial charge in [-0.3, -0.25) is 0 Å². The third-order valence-corrected chi connectivity index (χ3v) is 6.69. The Bertz CT molecular complexity index is 1350. The zero-order chi connectivity index (χ0) is 23.1. The Morgan fingerprint density at radius 2 is 1.79 bits per heavy atom. The normalized spacial score (nSPS) is 15.4. The average Bonchev–Trinajstić information content (AvgIpc) is 3.18. The zero-order valence-electron chi connectivity index (χ0n) is 18.3. The number of ether oxygens (including phenoxy) is 1. The molecule has 5 nitrogen and oxygen atoms in total. The van der Waals surface area contributed by atoms with Crippen molar-refractivity contribution in [2.75, 3.05) is 19.0 Å². The van der Waals surface area contributed by atoms with Gasteiger partial charge < -0.3 is 19.9 Å². The number of benzene rings is 3. The number of H-pyrrole nitrogens is 1. The van der Waals surface area contributed by atoms with E-state index in [0.29, 0.717) is 22.3 Å². The number of methoxy groups -OCH3 is 1. The van der Waals surface area contributed by atoms with Crippen LogP contribution in [0.1, 0.15) is 28.4 Å². The van der Waals surface area contributed by atoms with Crippen molar-refractivity contribution >= 4 is 45.8 Å². The molecule has 1 aromatic heterocycles. The molecule has 0 bridgehead atoms. The van der Waals surface area contributed by atoms with Crippen molar-refractivity contribution in [3.8, 4) is 5.75 Å². The van der Waals surface area contributed by atoms with Crippen molar-refractivity contribution < 1.29 is 9.53 Å². The number of amides is 2. The van der Waals surface area contributed by atoms with Crippen molar-refractivity contribution in [3.63, 3.8) is 0 Å². The van der Waals surface area contributed by atoms with Crippen LogP contribution in [0.5, 0.6) is 5.75 Å². The van der Waals surface area contributed by atoms with Crippen LogP contribution in [0.25, 0.3) is 10.9 Å². The zero-order valence-corrected chi connectivity index (χ0v) is 19.8. The fourth-order valence-electron chi connectivity index (χ4n) is 4.53. The van der Waals surface area contributed by atoms with Gasteiger partial charge in [0.2, 0.25) is 0 Å². The minimum Gasteiger partial charge on any atom is -0.497 e. The molecule has 0 aliphatic carbocycles. The fraction of sp³-hybridized carbons (Fsp3) is 0.192. The average molecular weight is 480 g/mol. The number of hydrogen-bond acceptors (Lipinski definition) is 2. The summed E-state index contributed by atoms with van der Waals surface area (Å²) in [5, 5.41) is 5.43. The van der Waals surface area contributed by atoms with Crippen LogP contribution in [-0.2, 0) is 6.42 Å². The van der Waals surface area contributed by atoms with Crippen molar-refractivity contribution in [3.05, 3.63) is 93.1 Å². The molecule has 7 heteroatoms. The number of halogens is 2. The molecule has 4 aromatic rings. The van der Waals surface area contributed by atoms with Crippen LogP contribution in [0.15, 0.2) is 60.7 Å². The largest absolute Gasteiger partial charge is 0.497 e. The van der Waals surface area contributed by atoms with Crippen LogP contribution in [0.2, 0.25) is 10.0 Å². The Labute approximate surface area is 202 Å². The SMILES string of the molecule is COc1ccc(C2c3[nH]c4ccc(Cl)cc4c3CCN2C(=O)Nc2cc(Cl)ccc2C)cc1. The first-order chi connectivity index (χ1) is 15.9. The summed E-state index contributed by atoms with van der Waals surface area (Å²) >= 11 is 12.5. The summed E-state index contributed by atoms with van der Waals surface area (Å²) in [6.45, 7) is 2.51. The summed E-state index contributed by atoms with van der Waals surface area (Å²) in [7, 11) is 1.64. The summed E-state index contributed by atoms with van der Waals surface area (Å²) in [6.07, 6.45) is 0.726. The van der Waals surface area contributed by atoms with E-state index in [2.05, 4.69) is 10.3 Å². The van der Waals surface area contributed by atoms with Gasteiger partial charge in [-0.05, 0) is 72.5 Å². The number of anilines is 1. The maximum Gasteiger partial charge on any atom is 0.322 e. The third kappa shape index (κ3) is 4.03. The molecule has 2 heterocycles. The van der Waals surface area contributed by atoms with Crippen molar-refractivity contribution in [1.29, 1.82) is 0 Å². The van der Waals surface area contributed by atoms with Gasteiger partial charge in [-0.2, -0.15) is 0 Å². The van der Waals surface area contributed by atoms with E-state index in [-0.39, 0.29) is 12.1 Å². The smallest absolute Gasteiger partial charge is 0.322 e. The lowest BCUT2D eigenvalue weighted by atomic mass is 9.92. The van der Waals surface area contributed by atoms with Crippen LogP contribution in [0.3, 0.4) is 0 Å². The molecule has 0 fully saturated rings. The number of aromatic amines is 1. The van der Waals surface area contributed by atoms with Gasteiger partial charge in [-0.25, -0.2) is 4.79 Å². The first-order valence-electron chi connectivity index (χ1n) is 10.7. The highest BCUT2D eigenvalue weighted by atomic mass is 35.5. The Hall–Kier alpha value is -3.15. The number of nitrogens with zero attached hydrogens (tertiary/aromatic N) is 1. The van der Waals surface area contributed by atoms with Crippen LogP contribution < -0.4 is 10.1 Å². The molecule has 1 unspecified atom stereocenters. The second kappa shape index (κ2) is 8.65. The van der Waals surface area contributed by atoms with Crippen LogP contribution >= 0.6 is 23.2 Å². The van der Waals surface area contributed by atoms with Gasteiger partial charge in [0.25, 0.3) is 0 Å². The van der Waals surface area contributed by atoms with E-state index in [9.17, 15) is 4.79 Å². The lowest BCUT2D eigenvalue weighted by Crippen LogP contribution is -2.43. The standard InChI is InChI=1S/C26H23Cl2N3O2/c1-15-3-6-18(28)14-23(15)30-26(32)31-12-11-20-21-13-17(27)7-10-22(21)29-24(20)25(31)16-4-8-19(33-2)9-5-16/h3-10,13-14,25,29H,11-12H2,1-2H3,(H,30,32). The third-order valence-electron chi connectivity index (χ3n) is 6.22. The Balaban J connectivity index is 1.59. The van der Waals surface area contributed by atoms with Gasteiger partial charge in [0.05, 0.1) is 13.2 Å². The number of rotatable bonds is 3. The molecule has 0 spiro atoms. The van der Waals surface area contributed by atoms with E-state index >= 15 is 0 Å². The Morgan fingerprint density at radius 3 is 2.55 bits per heavy atom. The van der Waals surface area contributed by atoms with Gasteiger partial charge in [0.15, 0.2) is 0 Å². The lowest BCUT2D eigenvalue weighted by molar-refractivity contribution is 0.193. The highest BCUT2D eigenvalue weighted by Crippen LogP contribution is 2.40. The molecule has 5 rings (SSSR count). The summed E-state index contributed by atoms with van der Waals surface area (Å²) < 4.78 is 5.34. The molecule has 2 amide bonds. The molecule has 1 aliphatic heterocycles. The summed E-state index contributed by atoms with van der Waals surface area (Å²) in [5.41, 5.74) is 5.85. The minimum absolute atomic E-state index is 0.177. The van der Waals surface area contributed by atoms with Crippen LogP contribution in [0.4, 0.5) is 10.5 Å².